The largest absolute Gasteiger partial charge is 0.497 e. The monoisotopic (exact) mass is 495 g/mol. The van der Waals surface area contributed by atoms with Gasteiger partial charge in [-0.3, -0.25) is 9.59 Å². The Hall–Kier alpha value is -3.63. The van der Waals surface area contributed by atoms with Crippen molar-refractivity contribution in [2.75, 3.05) is 24.8 Å². The van der Waals surface area contributed by atoms with E-state index in [4.69, 9.17) is 4.74 Å². The molecule has 184 valence electrons. The minimum absolute atomic E-state index is 0.115. The van der Waals surface area contributed by atoms with Gasteiger partial charge in [-0.15, -0.1) is 16.8 Å². The molecular formula is C25H29N5O4S. The highest BCUT2D eigenvalue weighted by Crippen LogP contribution is 2.22. The fraction of sp³-hybridized carbons (Fsp3) is 0.280. The summed E-state index contributed by atoms with van der Waals surface area (Å²) in [5.74, 6) is 0.563. The van der Waals surface area contributed by atoms with Crippen LogP contribution in [0.5, 0.6) is 5.75 Å². The maximum absolute atomic E-state index is 12.7. The molecule has 0 aliphatic carbocycles. The smallest absolute Gasteiger partial charge is 0.251 e. The minimum atomic E-state index is -0.796. The summed E-state index contributed by atoms with van der Waals surface area (Å²) in [4.78, 5) is 25.2. The molecule has 35 heavy (non-hydrogen) atoms. The maximum Gasteiger partial charge on any atom is 0.251 e. The molecule has 10 heteroatoms. The van der Waals surface area contributed by atoms with Crippen LogP contribution in [0.3, 0.4) is 0 Å². The molecule has 2 aromatic carbocycles. The number of ether oxygens (including phenoxy) is 1. The molecule has 3 N–H and O–H groups in total. The molecule has 0 fully saturated rings. The Bertz CT molecular complexity index is 1170. The molecule has 0 saturated carbocycles. The van der Waals surface area contributed by atoms with Gasteiger partial charge in [0, 0.05) is 17.8 Å². The predicted octanol–water partition coefficient (Wildman–Crippen LogP) is 3.28. The lowest BCUT2D eigenvalue weighted by atomic mass is 10.1. The molecule has 0 aliphatic rings. The van der Waals surface area contributed by atoms with Crippen LogP contribution in [0.15, 0.2) is 60.3 Å². The van der Waals surface area contributed by atoms with Crippen LogP contribution in [0.2, 0.25) is 0 Å². The van der Waals surface area contributed by atoms with E-state index in [0.29, 0.717) is 28.8 Å². The summed E-state index contributed by atoms with van der Waals surface area (Å²) in [6.45, 7) is 7.68. The third kappa shape index (κ3) is 6.93. The van der Waals surface area contributed by atoms with E-state index in [2.05, 4.69) is 27.4 Å². The zero-order valence-electron chi connectivity index (χ0n) is 19.9. The zero-order chi connectivity index (χ0) is 25.4. The number of carbonyl (C=O) groups excluding carboxylic acids is 2. The molecule has 9 nitrogen and oxygen atoms in total. The number of aliphatic hydroxyl groups excluding tert-OH is 1. The number of hydrogen-bond donors (Lipinski definition) is 3. The molecular weight excluding hydrogens is 466 g/mol. The standard InChI is InChI=1S/C25H29N5O4S/c1-5-10-30-23(21(14-31)27-24(33)18-6-8-20(34-4)9-7-18)28-29-25(30)35-15-22(32)26-19-12-16(2)11-17(3)13-19/h5-9,11-13,21,31H,1,10,14-15H2,2-4H3,(H,26,32)(H,27,33). The first-order valence-corrected chi connectivity index (χ1v) is 11.9. The number of aromatic nitrogens is 3. The molecule has 2 amide bonds. The van der Waals surface area contributed by atoms with Crippen molar-refractivity contribution in [3.05, 3.63) is 77.6 Å². The number of aliphatic hydroxyl groups is 1. The van der Waals surface area contributed by atoms with Gasteiger partial charge in [0.1, 0.15) is 11.8 Å². The zero-order valence-corrected chi connectivity index (χ0v) is 20.8. The van der Waals surface area contributed by atoms with Gasteiger partial charge in [0.2, 0.25) is 5.91 Å². The Morgan fingerprint density at radius 2 is 1.86 bits per heavy atom. The summed E-state index contributed by atoms with van der Waals surface area (Å²) >= 11 is 1.21. The third-order valence-corrected chi connectivity index (χ3v) is 6.01. The van der Waals surface area contributed by atoms with Gasteiger partial charge in [-0.1, -0.05) is 23.9 Å². The van der Waals surface area contributed by atoms with Crippen molar-refractivity contribution < 1.29 is 19.4 Å². The number of allylic oxidation sites excluding steroid dienone is 1. The summed E-state index contributed by atoms with van der Waals surface area (Å²) in [5, 5.41) is 24.5. The molecule has 3 aromatic rings. The molecule has 1 atom stereocenters. The molecule has 0 saturated heterocycles. The number of nitrogens with zero attached hydrogens (tertiary/aromatic N) is 3. The molecule has 0 spiro atoms. The summed E-state index contributed by atoms with van der Waals surface area (Å²) in [6.07, 6.45) is 1.66. The van der Waals surface area contributed by atoms with Crippen LogP contribution in [0.25, 0.3) is 0 Å². The topological polar surface area (TPSA) is 118 Å². The molecule has 3 rings (SSSR count). The molecule has 0 aliphatic heterocycles. The van der Waals surface area contributed by atoms with Gasteiger partial charge in [0.15, 0.2) is 11.0 Å². The number of carbonyl (C=O) groups is 2. The van der Waals surface area contributed by atoms with E-state index in [1.165, 1.54) is 11.8 Å². The number of thioether (sulfide) groups is 1. The second-order valence-corrected chi connectivity index (χ2v) is 8.83. The molecule has 0 radical (unpaired) electrons. The van der Waals surface area contributed by atoms with Crippen LogP contribution >= 0.6 is 11.8 Å². The average Bonchev–Trinajstić information content (AvgIpc) is 3.23. The first-order valence-electron chi connectivity index (χ1n) is 10.9. The lowest BCUT2D eigenvalue weighted by Gasteiger charge is -2.17. The number of amides is 2. The summed E-state index contributed by atoms with van der Waals surface area (Å²) in [6, 6.07) is 11.7. The quantitative estimate of drug-likeness (QED) is 0.276. The SMILES string of the molecule is C=CCn1c(SCC(=O)Nc2cc(C)cc(C)c2)nnc1C(CO)NC(=O)c1ccc(OC)cc1. The minimum Gasteiger partial charge on any atom is -0.497 e. The Morgan fingerprint density at radius 3 is 2.46 bits per heavy atom. The van der Waals surface area contributed by atoms with E-state index in [1.54, 1.807) is 42.0 Å². The van der Waals surface area contributed by atoms with E-state index in [1.807, 2.05) is 32.0 Å². The van der Waals surface area contributed by atoms with Gasteiger partial charge in [-0.2, -0.15) is 0 Å². The van der Waals surface area contributed by atoms with Crippen molar-refractivity contribution in [1.82, 2.24) is 20.1 Å². The van der Waals surface area contributed by atoms with Crippen molar-refractivity contribution in [1.29, 1.82) is 0 Å². The highest BCUT2D eigenvalue weighted by Gasteiger charge is 2.23. The van der Waals surface area contributed by atoms with Gasteiger partial charge in [0.05, 0.1) is 19.5 Å². The summed E-state index contributed by atoms with van der Waals surface area (Å²) in [5.41, 5.74) is 3.28. The Balaban J connectivity index is 1.70. The first kappa shape index (κ1) is 26.0. The highest BCUT2D eigenvalue weighted by molar-refractivity contribution is 7.99. The van der Waals surface area contributed by atoms with E-state index in [0.717, 1.165) is 16.8 Å². The number of hydrogen-bond acceptors (Lipinski definition) is 7. The van der Waals surface area contributed by atoms with Gasteiger partial charge >= 0.3 is 0 Å². The fourth-order valence-electron chi connectivity index (χ4n) is 3.52. The van der Waals surface area contributed by atoms with E-state index >= 15 is 0 Å². The molecule has 1 heterocycles. The van der Waals surface area contributed by atoms with Gasteiger partial charge < -0.3 is 25.0 Å². The fourth-order valence-corrected chi connectivity index (χ4v) is 4.27. The molecule has 1 aromatic heterocycles. The maximum atomic E-state index is 12.7. The predicted molar refractivity (Wildman–Crippen MR) is 136 cm³/mol. The van der Waals surface area contributed by atoms with Crippen LogP contribution in [-0.4, -0.2) is 51.2 Å². The van der Waals surface area contributed by atoms with Crippen molar-refractivity contribution in [2.45, 2.75) is 31.6 Å². The van der Waals surface area contributed by atoms with Crippen LogP contribution in [0.4, 0.5) is 5.69 Å². The van der Waals surface area contributed by atoms with E-state index in [9.17, 15) is 14.7 Å². The summed E-state index contributed by atoms with van der Waals surface area (Å²) in [7, 11) is 1.55. The Labute approximate surface area is 208 Å². The van der Waals surface area contributed by atoms with Crippen molar-refractivity contribution >= 4 is 29.3 Å². The van der Waals surface area contributed by atoms with Crippen LogP contribution < -0.4 is 15.4 Å². The Kier molecular flexibility index (Phi) is 9.04. The number of aryl methyl sites for hydroxylation is 2. The molecule has 0 bridgehead atoms. The normalized spacial score (nSPS) is 11.5. The number of anilines is 1. The third-order valence-electron chi connectivity index (χ3n) is 5.05. The number of benzene rings is 2. The van der Waals surface area contributed by atoms with Crippen LogP contribution in [0.1, 0.15) is 33.4 Å². The first-order chi connectivity index (χ1) is 16.8. The van der Waals surface area contributed by atoms with Crippen molar-refractivity contribution in [3.63, 3.8) is 0 Å². The number of methoxy groups -OCH3 is 1. The van der Waals surface area contributed by atoms with Crippen LogP contribution in [0, 0.1) is 13.8 Å². The number of nitrogens with one attached hydrogen (secondary N) is 2. The van der Waals surface area contributed by atoms with E-state index in [-0.39, 0.29) is 24.2 Å². The van der Waals surface area contributed by atoms with Crippen molar-refractivity contribution in [2.24, 2.45) is 0 Å². The number of rotatable bonds is 11. The lowest BCUT2D eigenvalue weighted by Crippen LogP contribution is -2.33. The second-order valence-electron chi connectivity index (χ2n) is 7.89. The van der Waals surface area contributed by atoms with Crippen LogP contribution in [-0.2, 0) is 11.3 Å². The van der Waals surface area contributed by atoms with Gasteiger partial charge in [-0.25, -0.2) is 0 Å². The lowest BCUT2D eigenvalue weighted by molar-refractivity contribution is -0.113. The highest BCUT2D eigenvalue weighted by atomic mass is 32.2. The summed E-state index contributed by atoms with van der Waals surface area (Å²) < 4.78 is 6.83. The van der Waals surface area contributed by atoms with Gasteiger partial charge in [0.25, 0.3) is 5.91 Å². The van der Waals surface area contributed by atoms with Crippen molar-refractivity contribution in [3.8, 4) is 5.75 Å². The second kappa shape index (κ2) is 12.2. The Morgan fingerprint density at radius 1 is 1.17 bits per heavy atom. The average molecular weight is 496 g/mol. The van der Waals surface area contributed by atoms with Gasteiger partial charge in [-0.05, 0) is 61.4 Å². The molecule has 1 unspecified atom stereocenters. The van der Waals surface area contributed by atoms with E-state index < -0.39 is 6.04 Å².